The van der Waals surface area contributed by atoms with E-state index in [0.29, 0.717) is 33.8 Å². The van der Waals surface area contributed by atoms with Gasteiger partial charge in [0, 0.05) is 12.1 Å². The Morgan fingerprint density at radius 2 is 2.12 bits per heavy atom. The zero-order valence-corrected chi connectivity index (χ0v) is 14.0. The van der Waals surface area contributed by atoms with Crippen LogP contribution in [0.15, 0.2) is 22.9 Å². The van der Waals surface area contributed by atoms with E-state index >= 15 is 0 Å². The van der Waals surface area contributed by atoms with Crippen LogP contribution < -0.4 is 11.1 Å². The molecule has 0 saturated heterocycles. The van der Waals surface area contributed by atoms with Gasteiger partial charge in [-0.3, -0.25) is 5.10 Å². The first-order chi connectivity index (χ1) is 12.5. The Labute approximate surface area is 147 Å². The third-order valence-electron chi connectivity index (χ3n) is 3.59. The van der Waals surface area contributed by atoms with Gasteiger partial charge < -0.3 is 15.5 Å². The summed E-state index contributed by atoms with van der Waals surface area (Å²) in [4.78, 5) is 12.2. The molecular weight excluding hydrogens is 337 g/mol. The van der Waals surface area contributed by atoms with Crippen LogP contribution in [-0.2, 0) is 0 Å². The molecule has 0 fully saturated rings. The second-order valence-electron chi connectivity index (χ2n) is 5.92. The summed E-state index contributed by atoms with van der Waals surface area (Å²) in [6.45, 7) is 3.91. The first-order valence-electron chi connectivity index (χ1n) is 7.84. The molecule has 4 N–H and O–H groups in total. The molecule has 3 heterocycles. The minimum Gasteiger partial charge on any atom is -0.423 e. The summed E-state index contributed by atoms with van der Waals surface area (Å²) in [7, 11) is 0. The fourth-order valence-corrected chi connectivity index (χ4v) is 2.45. The third-order valence-corrected chi connectivity index (χ3v) is 3.59. The predicted octanol–water partition coefficient (Wildman–Crippen LogP) is 2.44. The van der Waals surface area contributed by atoms with Crippen molar-refractivity contribution in [2.24, 2.45) is 0 Å². The summed E-state index contributed by atoms with van der Waals surface area (Å²) in [5.74, 6) is 5.30. The molecule has 0 aliphatic rings. The normalized spacial score (nSPS) is 11.1. The van der Waals surface area contributed by atoms with Crippen molar-refractivity contribution in [3.05, 3.63) is 35.5 Å². The molecule has 9 heteroatoms. The number of H-pyrrole nitrogens is 1. The summed E-state index contributed by atoms with van der Waals surface area (Å²) in [6, 6.07) is 3.27. The lowest BCUT2D eigenvalue weighted by atomic mass is 10.2. The lowest BCUT2D eigenvalue weighted by Gasteiger charge is -2.02. The number of nitrogens with zero attached hydrogens (tertiary/aromatic N) is 4. The summed E-state index contributed by atoms with van der Waals surface area (Å²) in [5, 5.41) is 10.3. The molecule has 4 aromatic rings. The van der Waals surface area contributed by atoms with Crippen molar-refractivity contribution in [2.75, 3.05) is 11.1 Å². The highest BCUT2D eigenvalue weighted by atomic mass is 19.1. The average Bonchev–Trinajstić information content (AvgIpc) is 3.16. The maximum atomic E-state index is 14.3. The van der Waals surface area contributed by atoms with Crippen molar-refractivity contribution in [1.82, 2.24) is 25.1 Å². The van der Waals surface area contributed by atoms with Gasteiger partial charge in [-0.1, -0.05) is 5.92 Å². The lowest BCUT2D eigenvalue weighted by molar-refractivity contribution is 0.593. The van der Waals surface area contributed by atoms with Crippen LogP contribution in [-0.4, -0.2) is 31.2 Å². The van der Waals surface area contributed by atoms with Crippen molar-refractivity contribution in [1.29, 1.82) is 0 Å². The SMILES string of the molecule is CC(C)Nc1nc2cc(C#Cc3n[nH]c4ncnc(N)c34)c(F)cc2o1. The first kappa shape index (κ1) is 15.8. The van der Waals surface area contributed by atoms with E-state index in [1.54, 1.807) is 0 Å². The van der Waals surface area contributed by atoms with Crippen LogP contribution in [0.3, 0.4) is 0 Å². The number of nitrogen functional groups attached to an aromatic ring is 1. The minimum absolute atomic E-state index is 0.146. The first-order valence-corrected chi connectivity index (χ1v) is 7.84. The molecule has 4 rings (SSSR count). The standard InChI is InChI=1S/C17H14FN7O/c1-8(2)22-17-23-12-5-9(10(18)6-13(12)26-17)3-4-11-14-15(19)20-7-21-16(14)25-24-11/h5-8H,1-2H3,(H,22,23)(H3,19,20,21,24,25). The van der Waals surface area contributed by atoms with Gasteiger partial charge in [0.1, 0.15) is 29.2 Å². The fraction of sp³-hybridized carbons (Fsp3) is 0.176. The Kier molecular flexibility index (Phi) is 3.65. The molecule has 3 aromatic heterocycles. The number of oxazole rings is 1. The van der Waals surface area contributed by atoms with Crippen molar-refractivity contribution in [3.63, 3.8) is 0 Å². The molecule has 0 bridgehead atoms. The smallest absolute Gasteiger partial charge is 0.295 e. The Morgan fingerprint density at radius 3 is 2.92 bits per heavy atom. The van der Waals surface area contributed by atoms with Crippen LogP contribution >= 0.6 is 0 Å². The maximum absolute atomic E-state index is 14.3. The molecule has 0 saturated carbocycles. The van der Waals surface area contributed by atoms with Crippen molar-refractivity contribution >= 4 is 34.0 Å². The van der Waals surface area contributed by atoms with E-state index in [0.717, 1.165) is 0 Å². The number of benzene rings is 1. The van der Waals surface area contributed by atoms with Gasteiger partial charge in [0.05, 0.1) is 10.9 Å². The van der Waals surface area contributed by atoms with Crippen LogP contribution in [0.25, 0.3) is 22.1 Å². The topological polar surface area (TPSA) is 119 Å². The van der Waals surface area contributed by atoms with E-state index < -0.39 is 5.82 Å². The molecular formula is C17H14FN7O. The Balaban J connectivity index is 1.75. The summed E-state index contributed by atoms with van der Waals surface area (Å²) >= 11 is 0. The highest BCUT2D eigenvalue weighted by Crippen LogP contribution is 2.23. The van der Waals surface area contributed by atoms with Crippen molar-refractivity contribution < 1.29 is 8.81 Å². The second-order valence-corrected chi connectivity index (χ2v) is 5.92. The summed E-state index contributed by atoms with van der Waals surface area (Å²) < 4.78 is 19.8. The number of fused-ring (bicyclic) bond motifs is 2. The molecule has 0 aliphatic heterocycles. The number of anilines is 2. The van der Waals surface area contributed by atoms with Crippen LogP contribution in [0.4, 0.5) is 16.2 Å². The zero-order valence-electron chi connectivity index (χ0n) is 14.0. The van der Waals surface area contributed by atoms with Gasteiger partial charge in [-0.2, -0.15) is 10.1 Å². The molecule has 26 heavy (non-hydrogen) atoms. The Bertz CT molecular complexity index is 1180. The number of nitrogens with one attached hydrogen (secondary N) is 2. The molecule has 0 aliphatic carbocycles. The van der Waals surface area contributed by atoms with Crippen molar-refractivity contribution in [2.45, 2.75) is 19.9 Å². The van der Waals surface area contributed by atoms with Gasteiger partial charge in [-0.25, -0.2) is 14.4 Å². The minimum atomic E-state index is -0.513. The van der Waals surface area contributed by atoms with Crippen molar-refractivity contribution in [3.8, 4) is 11.8 Å². The monoisotopic (exact) mass is 351 g/mol. The largest absolute Gasteiger partial charge is 0.423 e. The van der Waals surface area contributed by atoms with Crippen LogP contribution in [0.2, 0.25) is 0 Å². The number of hydrogen-bond donors (Lipinski definition) is 3. The van der Waals surface area contributed by atoms with Gasteiger partial charge >= 0.3 is 0 Å². The predicted molar refractivity (Wildman–Crippen MR) is 94.8 cm³/mol. The van der Waals surface area contributed by atoms with Gasteiger partial charge in [0.25, 0.3) is 6.01 Å². The van der Waals surface area contributed by atoms with E-state index in [9.17, 15) is 4.39 Å². The Hall–Kier alpha value is -3.67. The quantitative estimate of drug-likeness (QED) is 0.475. The molecule has 1 aromatic carbocycles. The molecule has 130 valence electrons. The van der Waals surface area contributed by atoms with Crippen LogP contribution in [0.5, 0.6) is 0 Å². The molecule has 0 spiro atoms. The molecule has 0 radical (unpaired) electrons. The molecule has 0 atom stereocenters. The number of hydrogen-bond acceptors (Lipinski definition) is 7. The molecule has 0 unspecified atom stereocenters. The van der Waals surface area contributed by atoms with E-state index in [4.69, 9.17) is 10.2 Å². The van der Waals surface area contributed by atoms with E-state index in [-0.39, 0.29) is 17.4 Å². The molecule has 0 amide bonds. The van der Waals surface area contributed by atoms with E-state index in [2.05, 4.69) is 42.3 Å². The number of halogens is 1. The number of rotatable bonds is 2. The van der Waals surface area contributed by atoms with Gasteiger partial charge in [0.2, 0.25) is 0 Å². The third kappa shape index (κ3) is 2.77. The van der Waals surface area contributed by atoms with Gasteiger partial charge in [-0.15, -0.1) is 0 Å². The average molecular weight is 351 g/mol. The number of nitrogens with two attached hydrogens (primary N) is 1. The Morgan fingerprint density at radius 1 is 1.27 bits per heavy atom. The number of aromatic nitrogens is 5. The lowest BCUT2D eigenvalue weighted by Crippen LogP contribution is -2.09. The highest BCUT2D eigenvalue weighted by molar-refractivity contribution is 5.90. The maximum Gasteiger partial charge on any atom is 0.295 e. The van der Waals surface area contributed by atoms with E-state index in [1.807, 2.05) is 13.8 Å². The number of aromatic amines is 1. The summed E-state index contributed by atoms with van der Waals surface area (Å²) in [6.07, 6.45) is 1.33. The van der Waals surface area contributed by atoms with Crippen LogP contribution in [0.1, 0.15) is 25.1 Å². The highest BCUT2D eigenvalue weighted by Gasteiger charge is 2.12. The molecule has 8 nitrogen and oxygen atoms in total. The van der Waals surface area contributed by atoms with Gasteiger partial charge in [-0.05, 0) is 25.8 Å². The van der Waals surface area contributed by atoms with Crippen LogP contribution in [0, 0.1) is 17.7 Å². The second kappa shape index (κ2) is 6.00. The van der Waals surface area contributed by atoms with Gasteiger partial charge in [0.15, 0.2) is 11.2 Å². The fourth-order valence-electron chi connectivity index (χ4n) is 2.45. The summed E-state index contributed by atoms with van der Waals surface area (Å²) in [5.41, 5.74) is 7.68. The zero-order chi connectivity index (χ0) is 18.3. The van der Waals surface area contributed by atoms with E-state index in [1.165, 1.54) is 18.5 Å².